The van der Waals surface area contributed by atoms with Crippen molar-refractivity contribution >= 4 is 17.9 Å². The molecule has 0 bridgehead atoms. The highest BCUT2D eigenvalue weighted by molar-refractivity contribution is 7.97. The molecule has 0 amide bonds. The number of carbonyl (C=O) groups is 1. The van der Waals surface area contributed by atoms with E-state index >= 15 is 0 Å². The molecule has 1 aromatic carbocycles. The van der Waals surface area contributed by atoms with Crippen molar-refractivity contribution in [1.29, 1.82) is 0 Å². The van der Waals surface area contributed by atoms with Crippen molar-refractivity contribution < 1.29 is 9.90 Å². The van der Waals surface area contributed by atoms with E-state index in [9.17, 15) is 9.90 Å². The molecular formula is C14H19NO2S. The molecule has 0 radical (unpaired) electrons. The zero-order valence-corrected chi connectivity index (χ0v) is 11.4. The quantitative estimate of drug-likeness (QED) is 0.802. The first kappa shape index (κ1) is 13.4. The van der Waals surface area contributed by atoms with Crippen LogP contribution in [-0.2, 0) is 4.79 Å². The molecule has 98 valence electrons. The van der Waals surface area contributed by atoms with Crippen molar-refractivity contribution in [1.82, 2.24) is 4.72 Å². The van der Waals surface area contributed by atoms with Crippen LogP contribution in [0.15, 0.2) is 29.2 Å². The second-order valence-corrected chi connectivity index (χ2v) is 5.99. The third-order valence-electron chi connectivity index (χ3n) is 3.64. The van der Waals surface area contributed by atoms with Crippen molar-refractivity contribution in [3.63, 3.8) is 0 Å². The monoisotopic (exact) mass is 265 g/mol. The van der Waals surface area contributed by atoms with E-state index in [2.05, 4.69) is 35.9 Å². The third-order valence-corrected chi connectivity index (χ3v) is 4.43. The van der Waals surface area contributed by atoms with Gasteiger partial charge in [0.2, 0.25) is 0 Å². The Bertz CT molecular complexity index is 410. The van der Waals surface area contributed by atoms with Gasteiger partial charge in [-0.1, -0.05) is 30.5 Å². The summed E-state index contributed by atoms with van der Waals surface area (Å²) in [6.45, 7) is 2.60. The molecule has 0 heterocycles. The Kier molecular flexibility index (Phi) is 4.30. The number of rotatable bonds is 5. The van der Waals surface area contributed by atoms with Crippen LogP contribution in [0.1, 0.15) is 31.2 Å². The first-order valence-electron chi connectivity index (χ1n) is 6.32. The molecule has 1 aliphatic rings. The number of aliphatic carboxylic acids is 1. The van der Waals surface area contributed by atoms with E-state index in [0.717, 1.165) is 30.6 Å². The second kappa shape index (κ2) is 5.76. The van der Waals surface area contributed by atoms with Gasteiger partial charge in [-0.05, 0) is 43.8 Å². The molecule has 1 aliphatic carbocycles. The number of carboxylic acids is 1. The summed E-state index contributed by atoms with van der Waals surface area (Å²) in [6, 6.07) is 8.23. The van der Waals surface area contributed by atoms with Crippen LogP contribution in [-0.4, -0.2) is 17.6 Å². The van der Waals surface area contributed by atoms with Crippen LogP contribution < -0.4 is 4.72 Å². The van der Waals surface area contributed by atoms with Crippen LogP contribution in [0.2, 0.25) is 0 Å². The molecule has 0 spiro atoms. The van der Waals surface area contributed by atoms with E-state index in [4.69, 9.17) is 0 Å². The Balaban J connectivity index is 1.87. The zero-order chi connectivity index (χ0) is 13.0. The summed E-state index contributed by atoms with van der Waals surface area (Å²) in [5, 5.41) is 9.35. The SMILES string of the molecule is Cc1ccc(SNCC2(C(=O)O)CCCC2)cc1. The van der Waals surface area contributed by atoms with Gasteiger partial charge >= 0.3 is 5.97 Å². The summed E-state index contributed by atoms with van der Waals surface area (Å²) in [5.41, 5.74) is 0.690. The highest BCUT2D eigenvalue weighted by Crippen LogP contribution is 2.38. The standard InChI is InChI=1S/C14H19NO2S/c1-11-4-6-12(7-5-11)18-15-10-14(13(16)17)8-2-3-9-14/h4-7,15H,2-3,8-10H2,1H3,(H,16,17). The smallest absolute Gasteiger partial charge is 0.310 e. The average Bonchev–Trinajstić information content (AvgIpc) is 2.82. The summed E-state index contributed by atoms with van der Waals surface area (Å²) < 4.78 is 3.22. The minimum atomic E-state index is -0.656. The largest absolute Gasteiger partial charge is 0.481 e. The van der Waals surface area contributed by atoms with Crippen LogP contribution in [0.4, 0.5) is 0 Å². The summed E-state index contributed by atoms with van der Waals surface area (Å²) in [6.07, 6.45) is 3.65. The lowest BCUT2D eigenvalue weighted by atomic mass is 9.87. The molecule has 1 fully saturated rings. The van der Waals surface area contributed by atoms with Crippen molar-refractivity contribution in [2.24, 2.45) is 5.41 Å². The van der Waals surface area contributed by atoms with Gasteiger partial charge in [0.05, 0.1) is 5.41 Å². The molecule has 0 aliphatic heterocycles. The number of aryl methyl sites for hydroxylation is 1. The molecule has 1 aromatic rings. The number of benzene rings is 1. The fourth-order valence-electron chi connectivity index (χ4n) is 2.38. The summed E-state index contributed by atoms with van der Waals surface area (Å²) in [4.78, 5) is 12.5. The fraction of sp³-hybridized carbons (Fsp3) is 0.500. The van der Waals surface area contributed by atoms with Gasteiger partial charge in [0.15, 0.2) is 0 Å². The van der Waals surface area contributed by atoms with Crippen molar-refractivity contribution in [2.45, 2.75) is 37.5 Å². The minimum Gasteiger partial charge on any atom is -0.481 e. The van der Waals surface area contributed by atoms with E-state index < -0.39 is 11.4 Å². The molecular weight excluding hydrogens is 246 g/mol. The maximum absolute atomic E-state index is 11.4. The Hall–Kier alpha value is -1.00. The molecule has 1 saturated carbocycles. The lowest BCUT2D eigenvalue weighted by Gasteiger charge is -2.23. The lowest BCUT2D eigenvalue weighted by molar-refractivity contribution is -0.148. The highest BCUT2D eigenvalue weighted by atomic mass is 32.2. The van der Waals surface area contributed by atoms with Crippen LogP contribution >= 0.6 is 11.9 Å². The average molecular weight is 265 g/mol. The Morgan fingerprint density at radius 3 is 2.50 bits per heavy atom. The van der Waals surface area contributed by atoms with E-state index in [1.54, 1.807) is 0 Å². The topological polar surface area (TPSA) is 49.3 Å². The van der Waals surface area contributed by atoms with Crippen molar-refractivity contribution in [2.75, 3.05) is 6.54 Å². The molecule has 0 aromatic heterocycles. The van der Waals surface area contributed by atoms with Crippen molar-refractivity contribution in [3.8, 4) is 0 Å². The number of hydrogen-bond donors (Lipinski definition) is 2. The predicted molar refractivity (Wildman–Crippen MR) is 73.6 cm³/mol. The zero-order valence-electron chi connectivity index (χ0n) is 10.6. The Morgan fingerprint density at radius 2 is 1.94 bits per heavy atom. The molecule has 2 N–H and O–H groups in total. The first-order chi connectivity index (χ1) is 8.62. The second-order valence-electron chi connectivity index (χ2n) is 5.03. The number of carboxylic acid groups (broad SMARTS) is 1. The minimum absolute atomic E-state index is 0.543. The normalized spacial score (nSPS) is 17.8. The molecule has 2 rings (SSSR count). The lowest BCUT2D eigenvalue weighted by Crippen LogP contribution is -2.36. The summed E-state index contributed by atoms with van der Waals surface area (Å²) in [7, 11) is 0. The van der Waals surface area contributed by atoms with Crippen molar-refractivity contribution in [3.05, 3.63) is 29.8 Å². The number of nitrogens with one attached hydrogen (secondary N) is 1. The van der Waals surface area contributed by atoms with E-state index in [-0.39, 0.29) is 0 Å². The highest BCUT2D eigenvalue weighted by Gasteiger charge is 2.40. The van der Waals surface area contributed by atoms with E-state index in [0.29, 0.717) is 6.54 Å². The van der Waals surface area contributed by atoms with Crippen LogP contribution in [0.5, 0.6) is 0 Å². The van der Waals surface area contributed by atoms with Gasteiger partial charge in [-0.2, -0.15) is 0 Å². The van der Waals surface area contributed by atoms with Crippen LogP contribution in [0.3, 0.4) is 0 Å². The number of hydrogen-bond acceptors (Lipinski definition) is 3. The van der Waals surface area contributed by atoms with Gasteiger partial charge in [0.25, 0.3) is 0 Å². The van der Waals surface area contributed by atoms with Gasteiger partial charge < -0.3 is 5.11 Å². The fourth-order valence-corrected chi connectivity index (χ4v) is 3.17. The molecule has 4 heteroatoms. The Labute approximate surface area is 112 Å². The van der Waals surface area contributed by atoms with E-state index in [1.807, 2.05) is 0 Å². The van der Waals surface area contributed by atoms with E-state index in [1.165, 1.54) is 17.5 Å². The van der Waals surface area contributed by atoms with Gasteiger partial charge in [0.1, 0.15) is 0 Å². The van der Waals surface area contributed by atoms with Crippen LogP contribution in [0, 0.1) is 12.3 Å². The molecule has 0 saturated heterocycles. The molecule has 18 heavy (non-hydrogen) atoms. The predicted octanol–water partition coefficient (Wildman–Crippen LogP) is 3.24. The van der Waals surface area contributed by atoms with Gasteiger partial charge in [-0.25, -0.2) is 0 Å². The molecule has 3 nitrogen and oxygen atoms in total. The molecule has 0 unspecified atom stereocenters. The first-order valence-corrected chi connectivity index (χ1v) is 7.14. The van der Waals surface area contributed by atoms with Gasteiger partial charge in [0, 0.05) is 11.4 Å². The van der Waals surface area contributed by atoms with Gasteiger partial charge in [-0.15, -0.1) is 0 Å². The van der Waals surface area contributed by atoms with Crippen LogP contribution in [0.25, 0.3) is 0 Å². The van der Waals surface area contributed by atoms with Gasteiger partial charge in [-0.3, -0.25) is 9.52 Å². The maximum Gasteiger partial charge on any atom is 0.310 e. The summed E-state index contributed by atoms with van der Waals surface area (Å²) >= 11 is 1.52. The summed E-state index contributed by atoms with van der Waals surface area (Å²) in [5.74, 6) is -0.656. The maximum atomic E-state index is 11.4. The third kappa shape index (κ3) is 3.06. The molecule has 0 atom stereocenters. The Morgan fingerprint density at radius 1 is 1.33 bits per heavy atom.